The molecule has 0 unspecified atom stereocenters. The summed E-state index contributed by atoms with van der Waals surface area (Å²) in [4.78, 5) is 37.1. The summed E-state index contributed by atoms with van der Waals surface area (Å²) >= 11 is 7.59. The van der Waals surface area contributed by atoms with Gasteiger partial charge in [-0.1, -0.05) is 41.6 Å². The van der Waals surface area contributed by atoms with Crippen LogP contribution < -0.4 is 5.32 Å². The van der Waals surface area contributed by atoms with Gasteiger partial charge in [0.25, 0.3) is 0 Å². The van der Waals surface area contributed by atoms with Crippen molar-refractivity contribution in [1.82, 2.24) is 15.2 Å². The molecule has 2 aromatic rings. The summed E-state index contributed by atoms with van der Waals surface area (Å²) in [5.74, 6) is -0.544. The minimum Gasteiger partial charge on any atom is -0.456 e. The second-order valence-electron chi connectivity index (χ2n) is 9.54. The molecule has 0 spiro atoms. The number of nitrogens with one attached hydrogen (secondary N) is 1. The molecule has 4 rings (SSSR count). The van der Waals surface area contributed by atoms with Crippen molar-refractivity contribution in [2.45, 2.75) is 52.2 Å². The number of allylic oxidation sites excluding steroid dienone is 1. The van der Waals surface area contributed by atoms with E-state index in [1.54, 1.807) is 18.3 Å². The van der Waals surface area contributed by atoms with Gasteiger partial charge in [0.05, 0.1) is 23.7 Å². The van der Waals surface area contributed by atoms with E-state index >= 15 is 0 Å². The third-order valence-electron chi connectivity index (χ3n) is 5.58. The summed E-state index contributed by atoms with van der Waals surface area (Å²) < 4.78 is 5.75. The first-order valence-corrected chi connectivity index (χ1v) is 13.0. The third-order valence-corrected chi connectivity index (χ3v) is 6.72. The van der Waals surface area contributed by atoms with E-state index in [2.05, 4.69) is 10.3 Å². The zero-order valence-corrected chi connectivity index (χ0v) is 22.3. The van der Waals surface area contributed by atoms with Gasteiger partial charge in [0.15, 0.2) is 5.17 Å². The van der Waals surface area contributed by atoms with Gasteiger partial charge in [0, 0.05) is 35.6 Å². The Morgan fingerprint density at radius 3 is 2.58 bits per heavy atom. The van der Waals surface area contributed by atoms with E-state index < -0.39 is 17.6 Å². The molecule has 1 amide bonds. The smallest absolute Gasteiger partial charge is 0.338 e. The van der Waals surface area contributed by atoms with Crippen LogP contribution in [0.4, 0.5) is 0 Å². The number of rotatable bonds is 7. The molecule has 1 N–H and O–H groups in total. The number of nitrogens with zero attached hydrogens (tertiary/aromatic N) is 3. The molecule has 1 atom stereocenters. The monoisotopic (exact) mass is 524 g/mol. The molecule has 9 heteroatoms. The number of thioether (sulfide) groups is 1. The zero-order valence-electron chi connectivity index (χ0n) is 20.7. The van der Waals surface area contributed by atoms with Crippen molar-refractivity contribution in [1.29, 1.82) is 0 Å². The van der Waals surface area contributed by atoms with Crippen molar-refractivity contribution in [3.63, 3.8) is 0 Å². The minimum absolute atomic E-state index is 0.112. The summed E-state index contributed by atoms with van der Waals surface area (Å²) in [5, 5.41) is 6.21. The van der Waals surface area contributed by atoms with Gasteiger partial charge in [-0.3, -0.25) is 9.78 Å². The highest BCUT2D eigenvalue weighted by atomic mass is 35.5. The Morgan fingerprint density at radius 2 is 1.92 bits per heavy atom. The summed E-state index contributed by atoms with van der Waals surface area (Å²) in [7, 11) is 0. The van der Waals surface area contributed by atoms with Crippen molar-refractivity contribution in [3.05, 3.63) is 87.3 Å². The quantitative estimate of drug-likeness (QED) is 0.488. The molecule has 7 nitrogen and oxygen atoms in total. The van der Waals surface area contributed by atoms with Crippen LogP contribution in [0.25, 0.3) is 0 Å². The number of hydrogen-bond donors (Lipinski definition) is 1. The van der Waals surface area contributed by atoms with Crippen LogP contribution in [0, 0.1) is 0 Å². The van der Waals surface area contributed by atoms with E-state index in [0.29, 0.717) is 29.3 Å². The van der Waals surface area contributed by atoms with E-state index in [1.807, 2.05) is 68.3 Å². The van der Waals surface area contributed by atoms with Crippen LogP contribution in [0.15, 0.2) is 76.0 Å². The standard InChI is InChI=1S/C27H29ClN4O3S/c1-17-23(25(34)35-27(2,3)4)24(18-8-10-19(28)11-9-18)32-21(16-36-26(32)31-17)15-22(33)30-14-12-20-7-5-6-13-29-20/h5-11,13,16,24H,12,14-15H2,1-4H3,(H,30,33)/t24-/m1/s1. The van der Waals surface area contributed by atoms with Crippen molar-refractivity contribution in [2.75, 3.05) is 6.54 Å². The fourth-order valence-electron chi connectivity index (χ4n) is 4.03. The van der Waals surface area contributed by atoms with Crippen molar-refractivity contribution < 1.29 is 14.3 Å². The number of esters is 1. The van der Waals surface area contributed by atoms with Crippen molar-refractivity contribution >= 4 is 40.4 Å². The maximum absolute atomic E-state index is 13.4. The fraction of sp³-hybridized carbons (Fsp3) is 0.333. The molecular weight excluding hydrogens is 496 g/mol. The molecule has 0 saturated heterocycles. The van der Waals surface area contributed by atoms with Crippen LogP contribution in [-0.4, -0.2) is 39.1 Å². The summed E-state index contributed by atoms with van der Waals surface area (Å²) in [6.07, 6.45) is 2.54. The number of carbonyl (C=O) groups excluding carboxylic acids is 2. The van der Waals surface area contributed by atoms with Crippen molar-refractivity contribution in [3.8, 4) is 0 Å². The lowest BCUT2D eigenvalue weighted by molar-refractivity contribution is -0.150. The van der Waals surface area contributed by atoms with Crippen LogP contribution in [0.3, 0.4) is 0 Å². The number of benzene rings is 1. The maximum Gasteiger partial charge on any atom is 0.338 e. The number of aliphatic imine (C=N–C) groups is 1. The summed E-state index contributed by atoms with van der Waals surface area (Å²) in [6, 6.07) is 12.6. The highest BCUT2D eigenvalue weighted by Crippen LogP contribution is 2.45. The van der Waals surface area contributed by atoms with Crippen molar-refractivity contribution in [2.24, 2.45) is 4.99 Å². The molecule has 188 valence electrons. The minimum atomic E-state index is -0.662. The molecule has 36 heavy (non-hydrogen) atoms. The van der Waals surface area contributed by atoms with E-state index in [-0.39, 0.29) is 12.3 Å². The van der Waals surface area contributed by atoms with Gasteiger partial charge < -0.3 is 15.0 Å². The number of pyridine rings is 1. The molecule has 0 saturated carbocycles. The fourth-order valence-corrected chi connectivity index (χ4v) is 5.12. The number of halogens is 1. The average molecular weight is 525 g/mol. The number of amidine groups is 1. The second-order valence-corrected chi connectivity index (χ2v) is 10.8. The average Bonchev–Trinajstić information content (AvgIpc) is 3.20. The molecule has 2 aliphatic rings. The van der Waals surface area contributed by atoms with E-state index in [9.17, 15) is 9.59 Å². The SMILES string of the molecule is CC1=C(C(=O)OC(C)(C)C)[C@@H](c2ccc(Cl)cc2)N2C(CC(=O)NCCc3ccccn3)=CSC2=N1. The molecule has 2 aliphatic heterocycles. The lowest BCUT2D eigenvalue weighted by Gasteiger charge is -2.37. The van der Waals surface area contributed by atoms with Gasteiger partial charge in [-0.15, -0.1) is 0 Å². The largest absolute Gasteiger partial charge is 0.456 e. The molecule has 0 aliphatic carbocycles. The third kappa shape index (κ3) is 6.17. The molecular formula is C27H29ClN4O3S. The number of hydrogen-bond acceptors (Lipinski definition) is 7. The molecule has 0 radical (unpaired) electrons. The van der Waals surface area contributed by atoms with E-state index in [4.69, 9.17) is 21.3 Å². The van der Waals surface area contributed by atoms with Gasteiger partial charge in [0.2, 0.25) is 5.91 Å². The van der Waals surface area contributed by atoms with Gasteiger partial charge >= 0.3 is 5.97 Å². The summed E-state index contributed by atoms with van der Waals surface area (Å²) in [5.41, 5.74) is 2.92. The van der Waals surface area contributed by atoms with Gasteiger partial charge in [-0.05, 0) is 62.9 Å². The predicted octanol–water partition coefficient (Wildman–Crippen LogP) is 5.40. The Kier molecular flexibility index (Phi) is 7.85. The highest BCUT2D eigenvalue weighted by Gasteiger charge is 2.41. The first-order chi connectivity index (χ1) is 17.1. The van der Waals surface area contributed by atoms with Crippen LogP contribution in [0.2, 0.25) is 5.02 Å². The van der Waals surface area contributed by atoms with Gasteiger partial charge in [0.1, 0.15) is 5.60 Å². The second kappa shape index (κ2) is 10.9. The van der Waals surface area contributed by atoms with Gasteiger partial charge in [-0.25, -0.2) is 9.79 Å². The van der Waals surface area contributed by atoms with Crippen LogP contribution in [-0.2, 0) is 20.7 Å². The first kappa shape index (κ1) is 26.0. The molecule has 1 aromatic carbocycles. The summed E-state index contributed by atoms with van der Waals surface area (Å²) in [6.45, 7) is 7.81. The van der Waals surface area contributed by atoms with Crippen LogP contribution in [0.5, 0.6) is 0 Å². The Morgan fingerprint density at radius 1 is 1.17 bits per heavy atom. The number of ether oxygens (including phenoxy) is 1. The Bertz CT molecular complexity index is 1230. The van der Waals surface area contributed by atoms with E-state index in [0.717, 1.165) is 22.1 Å². The molecule has 0 fully saturated rings. The van der Waals surface area contributed by atoms with Crippen LogP contribution in [0.1, 0.15) is 51.4 Å². The number of carbonyl (C=O) groups is 2. The zero-order chi connectivity index (χ0) is 25.9. The number of aromatic nitrogens is 1. The topological polar surface area (TPSA) is 83.9 Å². The molecule has 3 heterocycles. The normalized spacial score (nSPS) is 17.4. The highest BCUT2D eigenvalue weighted by molar-refractivity contribution is 8.16. The number of amides is 1. The maximum atomic E-state index is 13.4. The Labute approximate surface area is 220 Å². The van der Waals surface area contributed by atoms with Gasteiger partial charge in [-0.2, -0.15) is 0 Å². The molecule has 0 bridgehead atoms. The number of fused-ring (bicyclic) bond motifs is 1. The van der Waals surface area contributed by atoms with Crippen LogP contribution >= 0.6 is 23.4 Å². The lowest BCUT2D eigenvalue weighted by atomic mass is 9.93. The first-order valence-electron chi connectivity index (χ1n) is 11.7. The Balaban J connectivity index is 1.57. The molecule has 1 aromatic heterocycles. The van der Waals surface area contributed by atoms with E-state index in [1.165, 1.54) is 11.8 Å². The lowest BCUT2D eigenvalue weighted by Crippen LogP contribution is -2.39. The Hall–Kier alpha value is -3.10. The predicted molar refractivity (Wildman–Crippen MR) is 143 cm³/mol.